The van der Waals surface area contributed by atoms with E-state index in [1.54, 1.807) is 23.5 Å². The van der Waals surface area contributed by atoms with Gasteiger partial charge in [-0.05, 0) is 52.0 Å². The van der Waals surface area contributed by atoms with Crippen molar-refractivity contribution in [1.29, 1.82) is 0 Å². The fourth-order valence-electron chi connectivity index (χ4n) is 4.92. The van der Waals surface area contributed by atoms with E-state index in [0.29, 0.717) is 16.6 Å². The molecular weight excluding hydrogens is 544 g/mol. The van der Waals surface area contributed by atoms with Crippen LogP contribution in [0.2, 0.25) is 0 Å². The summed E-state index contributed by atoms with van der Waals surface area (Å²) in [5, 5.41) is 23.7. The zero-order chi connectivity index (χ0) is 29.3. The summed E-state index contributed by atoms with van der Waals surface area (Å²) in [6, 6.07) is 10.8. The van der Waals surface area contributed by atoms with E-state index in [1.807, 2.05) is 57.5 Å². The maximum atomic E-state index is 13.8. The van der Waals surface area contributed by atoms with E-state index in [0.717, 1.165) is 21.7 Å². The van der Waals surface area contributed by atoms with Gasteiger partial charge in [-0.2, -0.15) is 0 Å². The highest BCUT2D eigenvalue weighted by Gasteiger charge is 2.44. The van der Waals surface area contributed by atoms with E-state index < -0.39 is 35.4 Å². The second kappa shape index (κ2) is 11.4. The van der Waals surface area contributed by atoms with Crippen LogP contribution in [0.1, 0.15) is 48.8 Å². The van der Waals surface area contributed by atoms with Crippen LogP contribution in [0.3, 0.4) is 0 Å². The fourth-order valence-corrected chi connectivity index (χ4v) is 5.73. The molecule has 2 aromatic carbocycles. The molecule has 0 unspecified atom stereocenters. The number of nitrogens with zero attached hydrogens (tertiary/aromatic N) is 4. The Morgan fingerprint density at radius 2 is 1.85 bits per heavy atom. The molecule has 41 heavy (non-hydrogen) atoms. The largest absolute Gasteiger partial charge is 0.391 e. The molecule has 3 amide bonds. The summed E-state index contributed by atoms with van der Waals surface area (Å²) in [7, 11) is 0. The molecule has 214 valence electrons. The molecule has 0 spiro atoms. The number of amides is 3. The van der Waals surface area contributed by atoms with Crippen LogP contribution in [-0.2, 0) is 16.1 Å². The van der Waals surface area contributed by atoms with Crippen molar-refractivity contribution in [3.63, 3.8) is 0 Å². The number of aliphatic hydroxyl groups excluding tert-OH is 1. The van der Waals surface area contributed by atoms with Crippen LogP contribution >= 0.6 is 11.3 Å². The normalized spacial score (nSPS) is 17.9. The molecule has 2 aromatic heterocycles. The number of fused-ring (bicyclic) bond motifs is 1. The summed E-state index contributed by atoms with van der Waals surface area (Å²) < 4.78 is 4.70. The maximum Gasteiger partial charge on any atom is 0.252 e. The lowest BCUT2D eigenvalue weighted by Gasteiger charge is -2.35. The minimum absolute atomic E-state index is 0.00115. The molecule has 1 saturated heterocycles. The molecule has 3 atom stereocenters. The molecule has 5 rings (SSSR count). The summed E-state index contributed by atoms with van der Waals surface area (Å²) in [5.74, 6) is -1.27. The number of thiazole rings is 1. The molecule has 1 fully saturated rings. The molecule has 0 aliphatic carbocycles. The van der Waals surface area contributed by atoms with Crippen LogP contribution in [0, 0.1) is 12.3 Å². The molecular formula is C29H32N6O5S. The maximum absolute atomic E-state index is 13.8. The van der Waals surface area contributed by atoms with Crippen molar-refractivity contribution >= 4 is 40.1 Å². The number of aryl methyl sites for hydroxylation is 1. The number of hydrogen-bond acceptors (Lipinski definition) is 9. The van der Waals surface area contributed by atoms with Gasteiger partial charge in [-0.3, -0.25) is 14.4 Å². The van der Waals surface area contributed by atoms with Gasteiger partial charge in [0, 0.05) is 25.1 Å². The van der Waals surface area contributed by atoms with E-state index in [1.165, 1.54) is 11.0 Å². The standard InChI is InChI=1S/C29H32N6O5S/c1-16-24(41-15-31-16)18-7-5-17(6-8-18)13-30-27(38)23-12-20(36)14-35(23)28(39)25(29(2,3)4)32-26(37)19-9-10-21-22(11-19)34-40-33-21/h5-11,15,20,23,25,36H,12-14H2,1-4H3,(H,30,38)(H,32,37)/t20-,23+,25+/m1/s1. The van der Waals surface area contributed by atoms with Crippen LogP contribution in [0.5, 0.6) is 0 Å². The van der Waals surface area contributed by atoms with E-state index >= 15 is 0 Å². The number of nitrogens with one attached hydrogen (secondary N) is 2. The molecule has 4 aromatic rings. The zero-order valence-corrected chi connectivity index (χ0v) is 24.1. The SMILES string of the molecule is Cc1ncsc1-c1ccc(CNC(=O)[C@@H]2C[C@@H](O)CN2C(=O)[C@H](NC(=O)c2ccc3nonc3c2)C(C)(C)C)cc1. The van der Waals surface area contributed by atoms with Crippen LogP contribution in [0.4, 0.5) is 0 Å². The van der Waals surface area contributed by atoms with Crippen LogP contribution < -0.4 is 10.6 Å². The Bertz CT molecular complexity index is 1570. The quantitative estimate of drug-likeness (QED) is 0.304. The minimum Gasteiger partial charge on any atom is -0.391 e. The molecule has 3 heterocycles. The highest BCUT2D eigenvalue weighted by molar-refractivity contribution is 7.13. The number of likely N-dealkylation sites (tertiary alicyclic amines) is 1. The molecule has 11 nitrogen and oxygen atoms in total. The highest BCUT2D eigenvalue weighted by Crippen LogP contribution is 2.28. The first kappa shape index (κ1) is 28.4. The highest BCUT2D eigenvalue weighted by atomic mass is 32.1. The topological polar surface area (TPSA) is 151 Å². The summed E-state index contributed by atoms with van der Waals surface area (Å²) in [4.78, 5) is 47.0. The zero-order valence-electron chi connectivity index (χ0n) is 23.2. The van der Waals surface area contributed by atoms with Crippen molar-refractivity contribution in [2.24, 2.45) is 5.41 Å². The molecule has 0 bridgehead atoms. The van der Waals surface area contributed by atoms with Crippen molar-refractivity contribution < 1.29 is 24.1 Å². The van der Waals surface area contributed by atoms with E-state index in [9.17, 15) is 19.5 Å². The van der Waals surface area contributed by atoms with Gasteiger partial charge in [-0.15, -0.1) is 11.3 Å². The predicted octanol–water partition coefficient (Wildman–Crippen LogP) is 3.08. The molecule has 0 saturated carbocycles. The third kappa shape index (κ3) is 6.13. The monoisotopic (exact) mass is 576 g/mol. The van der Waals surface area contributed by atoms with Crippen molar-refractivity contribution in [3.8, 4) is 10.4 Å². The van der Waals surface area contributed by atoms with Crippen molar-refractivity contribution in [1.82, 2.24) is 30.8 Å². The Morgan fingerprint density at radius 3 is 2.54 bits per heavy atom. The molecule has 1 aliphatic rings. The lowest BCUT2D eigenvalue weighted by molar-refractivity contribution is -0.142. The Labute approximate surface area is 240 Å². The molecule has 0 radical (unpaired) electrons. The Balaban J connectivity index is 1.27. The third-order valence-electron chi connectivity index (χ3n) is 7.20. The number of aromatic nitrogens is 3. The number of aliphatic hydroxyl groups is 1. The molecule has 3 N–H and O–H groups in total. The number of hydrogen-bond donors (Lipinski definition) is 3. The van der Waals surface area contributed by atoms with Crippen LogP contribution in [-0.4, -0.2) is 67.8 Å². The predicted molar refractivity (Wildman–Crippen MR) is 153 cm³/mol. The number of benzene rings is 2. The minimum atomic E-state index is -0.954. The average Bonchev–Trinajstić information content (AvgIpc) is 3.68. The average molecular weight is 577 g/mol. The van der Waals surface area contributed by atoms with Gasteiger partial charge < -0.3 is 20.6 Å². The van der Waals surface area contributed by atoms with Crippen molar-refractivity contribution in [3.05, 3.63) is 64.8 Å². The van der Waals surface area contributed by atoms with Crippen molar-refractivity contribution in [2.75, 3.05) is 6.54 Å². The summed E-state index contributed by atoms with van der Waals surface area (Å²) in [6.45, 7) is 7.74. The van der Waals surface area contributed by atoms with Gasteiger partial charge in [0.15, 0.2) is 0 Å². The number of carbonyl (C=O) groups excluding carboxylic acids is 3. The van der Waals surface area contributed by atoms with Gasteiger partial charge in [-0.25, -0.2) is 9.61 Å². The Morgan fingerprint density at radius 1 is 1.12 bits per heavy atom. The lowest BCUT2D eigenvalue weighted by atomic mass is 9.85. The van der Waals surface area contributed by atoms with E-state index in [2.05, 4.69) is 25.9 Å². The first-order valence-electron chi connectivity index (χ1n) is 13.3. The second-order valence-corrected chi connectivity index (χ2v) is 12.2. The Hall–Kier alpha value is -4.16. The lowest BCUT2D eigenvalue weighted by Crippen LogP contribution is -2.57. The van der Waals surface area contributed by atoms with E-state index in [4.69, 9.17) is 4.63 Å². The van der Waals surface area contributed by atoms with E-state index in [-0.39, 0.29) is 25.4 Å². The van der Waals surface area contributed by atoms with Crippen LogP contribution in [0.25, 0.3) is 21.5 Å². The summed E-state index contributed by atoms with van der Waals surface area (Å²) >= 11 is 1.58. The number of β-amino-alcohol motifs (C(OH)–C–C–N with tert-alkyl or cyclic N) is 1. The first-order chi connectivity index (χ1) is 19.5. The van der Waals surface area contributed by atoms with Gasteiger partial charge in [-0.1, -0.05) is 45.0 Å². The summed E-state index contributed by atoms with van der Waals surface area (Å²) in [5.41, 5.74) is 5.29. The second-order valence-electron chi connectivity index (χ2n) is 11.3. The molecule has 1 aliphatic heterocycles. The first-order valence-corrected chi connectivity index (χ1v) is 14.2. The van der Waals surface area contributed by atoms with Crippen molar-refractivity contribution in [2.45, 2.75) is 58.8 Å². The number of carbonyl (C=O) groups is 3. The fraction of sp³-hybridized carbons (Fsp3) is 0.379. The van der Waals surface area contributed by atoms with Gasteiger partial charge in [0.25, 0.3) is 5.91 Å². The van der Waals surface area contributed by atoms with Gasteiger partial charge >= 0.3 is 0 Å². The third-order valence-corrected chi connectivity index (χ3v) is 8.18. The summed E-state index contributed by atoms with van der Waals surface area (Å²) in [6.07, 6.45) is -0.739. The molecule has 12 heteroatoms. The Kier molecular flexibility index (Phi) is 7.87. The van der Waals surface area contributed by atoms with Gasteiger partial charge in [0.05, 0.1) is 22.2 Å². The van der Waals surface area contributed by atoms with Gasteiger partial charge in [0.2, 0.25) is 11.8 Å². The van der Waals surface area contributed by atoms with Crippen LogP contribution in [0.15, 0.2) is 52.6 Å². The van der Waals surface area contributed by atoms with Gasteiger partial charge in [0.1, 0.15) is 23.1 Å². The smallest absolute Gasteiger partial charge is 0.252 e. The number of rotatable bonds is 7.